The lowest BCUT2D eigenvalue weighted by atomic mass is 9.71. The molecule has 9 heteroatoms. The van der Waals surface area contributed by atoms with E-state index in [1.807, 2.05) is 6.92 Å². The second kappa shape index (κ2) is 10.5. The Balaban J connectivity index is 1.94. The number of ketones is 1. The lowest BCUT2D eigenvalue weighted by molar-refractivity contribution is -0.172. The van der Waals surface area contributed by atoms with Crippen molar-refractivity contribution in [2.24, 2.45) is 5.41 Å². The predicted molar refractivity (Wildman–Crippen MR) is 132 cm³/mol. The minimum absolute atomic E-state index is 0.0205. The largest absolute Gasteiger partial charge is 0.460 e. The molecule has 1 aromatic carbocycles. The van der Waals surface area contributed by atoms with Gasteiger partial charge < -0.3 is 4.74 Å². The Hall–Kier alpha value is -2.09. The molecule has 1 unspecified atom stereocenters. The number of likely N-dealkylation sites (tertiary alicyclic amines) is 1. The van der Waals surface area contributed by atoms with Gasteiger partial charge in [-0.1, -0.05) is 35.3 Å². The van der Waals surface area contributed by atoms with Gasteiger partial charge in [-0.3, -0.25) is 14.5 Å². The van der Waals surface area contributed by atoms with Crippen LogP contribution >= 0.6 is 23.2 Å². The van der Waals surface area contributed by atoms with Crippen LogP contribution in [0.1, 0.15) is 69.1 Å². The Kier molecular flexibility index (Phi) is 8.24. The number of benzene rings is 1. The molecule has 0 amide bonds. The van der Waals surface area contributed by atoms with E-state index in [-0.39, 0.29) is 33.9 Å². The van der Waals surface area contributed by atoms with Gasteiger partial charge in [0.1, 0.15) is 16.6 Å². The van der Waals surface area contributed by atoms with Gasteiger partial charge in [0.2, 0.25) is 0 Å². The van der Waals surface area contributed by atoms with Crippen LogP contribution in [0.4, 0.5) is 8.78 Å². The first-order valence-electron chi connectivity index (χ1n) is 11.5. The summed E-state index contributed by atoms with van der Waals surface area (Å²) >= 11 is 12.0. The van der Waals surface area contributed by atoms with Crippen LogP contribution in [0.3, 0.4) is 0 Å². The Bertz CT molecular complexity index is 1140. The van der Waals surface area contributed by atoms with E-state index in [0.29, 0.717) is 31.5 Å². The molecule has 1 saturated heterocycles. The number of pyridine rings is 1. The van der Waals surface area contributed by atoms with Crippen molar-refractivity contribution in [2.45, 2.75) is 72.1 Å². The van der Waals surface area contributed by atoms with E-state index >= 15 is 4.39 Å². The number of esters is 1. The number of carbonyl (C=O) groups is 2. The second-order valence-corrected chi connectivity index (χ2v) is 11.0. The summed E-state index contributed by atoms with van der Waals surface area (Å²) < 4.78 is 35.5. The van der Waals surface area contributed by atoms with Gasteiger partial charge in [0.15, 0.2) is 11.6 Å². The fourth-order valence-electron chi connectivity index (χ4n) is 4.55. The Morgan fingerprint density at radius 2 is 1.91 bits per heavy atom. The zero-order valence-corrected chi connectivity index (χ0v) is 22.1. The molecule has 0 spiro atoms. The molecule has 0 N–H and O–H groups in total. The highest BCUT2D eigenvalue weighted by Gasteiger charge is 2.47. The number of carbonyl (C=O) groups excluding carboxylic acids is 2. The summed E-state index contributed by atoms with van der Waals surface area (Å²) in [5.74, 6) is -2.18. The highest BCUT2D eigenvalue weighted by molar-refractivity contribution is 6.30. The van der Waals surface area contributed by atoms with Gasteiger partial charge in [0.25, 0.3) is 0 Å². The number of ether oxygens (including phenoxy) is 1. The maximum Gasteiger partial charge on any atom is 0.313 e. The molecule has 0 saturated carbocycles. The van der Waals surface area contributed by atoms with Crippen LogP contribution in [0, 0.1) is 17.0 Å². The molecule has 0 bridgehead atoms. The van der Waals surface area contributed by atoms with Crippen LogP contribution in [0.5, 0.6) is 0 Å². The van der Waals surface area contributed by atoms with Crippen LogP contribution in [0.25, 0.3) is 0 Å². The molecule has 35 heavy (non-hydrogen) atoms. The monoisotopic (exact) mass is 526 g/mol. The zero-order valence-electron chi connectivity index (χ0n) is 20.6. The van der Waals surface area contributed by atoms with Crippen LogP contribution < -0.4 is 0 Å². The van der Waals surface area contributed by atoms with Crippen molar-refractivity contribution in [1.82, 2.24) is 9.88 Å². The number of hydrogen-bond acceptors (Lipinski definition) is 5. The van der Waals surface area contributed by atoms with Gasteiger partial charge in [-0.05, 0) is 66.1 Å². The smallest absolute Gasteiger partial charge is 0.313 e. The molecular formula is C26H30Cl2F2N2O3. The Morgan fingerprint density at radius 3 is 2.51 bits per heavy atom. The van der Waals surface area contributed by atoms with E-state index in [4.69, 9.17) is 27.9 Å². The van der Waals surface area contributed by atoms with Crippen molar-refractivity contribution in [3.8, 4) is 0 Å². The first-order chi connectivity index (χ1) is 16.2. The zero-order chi connectivity index (χ0) is 26.1. The van der Waals surface area contributed by atoms with Crippen LogP contribution in [-0.2, 0) is 22.5 Å². The van der Waals surface area contributed by atoms with E-state index in [9.17, 15) is 14.0 Å². The summed E-state index contributed by atoms with van der Waals surface area (Å²) in [6.45, 7) is 9.24. The molecule has 2 heterocycles. The molecule has 2 atom stereocenters. The molecule has 0 radical (unpaired) electrons. The van der Waals surface area contributed by atoms with E-state index < -0.39 is 34.4 Å². The van der Waals surface area contributed by atoms with Crippen LogP contribution in [0.2, 0.25) is 10.2 Å². The molecule has 2 aromatic rings. The molecule has 0 aliphatic carbocycles. The number of piperidine rings is 1. The minimum atomic E-state index is -1.09. The van der Waals surface area contributed by atoms with E-state index in [1.54, 1.807) is 32.9 Å². The van der Waals surface area contributed by atoms with Gasteiger partial charge >= 0.3 is 5.97 Å². The van der Waals surface area contributed by atoms with Crippen LogP contribution in [-0.4, -0.2) is 39.8 Å². The summed E-state index contributed by atoms with van der Waals surface area (Å²) in [6.07, 6.45) is 0.586. The van der Waals surface area contributed by atoms with Gasteiger partial charge in [0.05, 0.1) is 21.7 Å². The number of hydrogen-bond donors (Lipinski definition) is 0. The van der Waals surface area contributed by atoms with Crippen molar-refractivity contribution in [1.29, 1.82) is 0 Å². The lowest BCUT2D eigenvalue weighted by Crippen LogP contribution is -2.51. The standard InChI is InChI=1S/C26H30Cl2F2N2O3/c1-15-12-26(24(34)35-25(3,4)5,13-20-23(30)18(16(2)33)11-21(28)31-20)9-10-32(15)14-17-7-6-8-19(27)22(17)29/h6-8,11,15H,9-10,12-14H2,1-5H3/t15-,26?/m1/s1. The van der Waals surface area contributed by atoms with Crippen molar-refractivity contribution < 1.29 is 23.1 Å². The van der Waals surface area contributed by atoms with Gasteiger partial charge in [0, 0.05) is 24.6 Å². The number of halogens is 4. The summed E-state index contributed by atoms with van der Waals surface area (Å²) in [5, 5.41) is 0.0342. The lowest BCUT2D eigenvalue weighted by Gasteiger charge is -2.45. The number of nitrogens with zero attached hydrogens (tertiary/aromatic N) is 2. The fourth-order valence-corrected chi connectivity index (χ4v) is 4.95. The summed E-state index contributed by atoms with van der Waals surface area (Å²) in [4.78, 5) is 31.6. The van der Waals surface area contributed by atoms with E-state index in [1.165, 1.54) is 19.1 Å². The highest BCUT2D eigenvalue weighted by Crippen LogP contribution is 2.41. The number of Topliss-reactive ketones (excluding diaryl/α,β-unsaturated/α-hetero) is 1. The van der Waals surface area contributed by atoms with Gasteiger partial charge in [-0.15, -0.1) is 0 Å². The highest BCUT2D eigenvalue weighted by atomic mass is 35.5. The summed E-state index contributed by atoms with van der Waals surface area (Å²) in [5.41, 5.74) is -1.60. The Labute approximate surface area is 214 Å². The third kappa shape index (κ3) is 6.38. The normalized spacial score (nSPS) is 21.1. The fraction of sp³-hybridized carbons (Fsp3) is 0.500. The first-order valence-corrected chi connectivity index (χ1v) is 12.2. The van der Waals surface area contributed by atoms with Gasteiger partial charge in [-0.25, -0.2) is 13.8 Å². The SMILES string of the molecule is CC(=O)c1cc(Cl)nc(CC2(C(=O)OC(C)(C)C)CCN(Cc3cccc(Cl)c3F)[C@H](C)C2)c1F. The van der Waals surface area contributed by atoms with Crippen molar-refractivity contribution >= 4 is 35.0 Å². The third-order valence-electron chi connectivity index (χ3n) is 6.30. The van der Waals surface area contributed by atoms with Crippen molar-refractivity contribution in [3.05, 3.63) is 62.9 Å². The molecular weight excluding hydrogens is 497 g/mol. The maximum absolute atomic E-state index is 15.2. The molecule has 1 fully saturated rings. The summed E-state index contributed by atoms with van der Waals surface area (Å²) in [6, 6.07) is 5.89. The quantitative estimate of drug-likeness (QED) is 0.246. The van der Waals surface area contributed by atoms with Crippen molar-refractivity contribution in [2.75, 3.05) is 6.54 Å². The van der Waals surface area contributed by atoms with Crippen molar-refractivity contribution in [3.63, 3.8) is 0 Å². The molecule has 1 aliphatic heterocycles. The average molecular weight is 527 g/mol. The molecule has 1 aliphatic rings. The first kappa shape index (κ1) is 27.5. The third-order valence-corrected chi connectivity index (χ3v) is 6.79. The Morgan fingerprint density at radius 1 is 1.23 bits per heavy atom. The molecule has 1 aromatic heterocycles. The second-order valence-electron chi connectivity index (χ2n) is 10.3. The molecule has 190 valence electrons. The molecule has 5 nitrogen and oxygen atoms in total. The van der Waals surface area contributed by atoms with Gasteiger partial charge in [-0.2, -0.15) is 0 Å². The number of aromatic nitrogens is 1. The van der Waals surface area contributed by atoms with E-state index in [0.717, 1.165) is 0 Å². The number of rotatable bonds is 6. The van der Waals surface area contributed by atoms with Crippen LogP contribution in [0.15, 0.2) is 24.3 Å². The average Bonchev–Trinajstić information content (AvgIpc) is 2.74. The predicted octanol–water partition coefficient (Wildman–Crippen LogP) is 6.42. The summed E-state index contributed by atoms with van der Waals surface area (Å²) in [7, 11) is 0. The van der Waals surface area contributed by atoms with E-state index in [2.05, 4.69) is 9.88 Å². The minimum Gasteiger partial charge on any atom is -0.460 e. The maximum atomic E-state index is 15.2. The molecule has 3 rings (SSSR count). The topological polar surface area (TPSA) is 59.5 Å².